The van der Waals surface area contributed by atoms with Gasteiger partial charge in [-0.2, -0.15) is 0 Å². The van der Waals surface area contributed by atoms with Gasteiger partial charge in [0.25, 0.3) is 0 Å². The average Bonchev–Trinajstić information content (AvgIpc) is 3.18. The second kappa shape index (κ2) is 9.96. The molecule has 2 heterocycles. The summed E-state index contributed by atoms with van der Waals surface area (Å²) in [6, 6.07) is 8.52. The Labute approximate surface area is 190 Å². The van der Waals surface area contributed by atoms with E-state index < -0.39 is 0 Å². The maximum Gasteiger partial charge on any atom is 0.193 e. The van der Waals surface area contributed by atoms with E-state index in [9.17, 15) is 0 Å². The van der Waals surface area contributed by atoms with Crippen LogP contribution < -0.4 is 5.32 Å². The first kappa shape index (κ1) is 23.0. The number of imidazole rings is 1. The van der Waals surface area contributed by atoms with Gasteiger partial charge in [-0.15, -0.1) is 24.0 Å². The van der Waals surface area contributed by atoms with E-state index in [1.54, 1.807) is 0 Å². The summed E-state index contributed by atoms with van der Waals surface area (Å²) in [6.07, 6.45) is 6.97. The molecule has 1 N–H and O–H groups in total. The third-order valence-electron chi connectivity index (χ3n) is 5.63. The van der Waals surface area contributed by atoms with Gasteiger partial charge in [0, 0.05) is 49.5 Å². The standard InChI is InChI=1S/C21H30ClN5.HI/c1-16-8-10-26(13-19(16)27-11-9-24-15-27)20(23-4)25-14-21(2,3)17-6-5-7-18(22)12-17;/h5-7,9,11-12,15-16,19H,8,10,13-14H2,1-4H3,(H,23,25);1H. The van der Waals surface area contributed by atoms with Gasteiger partial charge in [0.1, 0.15) is 0 Å². The minimum Gasteiger partial charge on any atom is -0.355 e. The first-order valence-electron chi connectivity index (χ1n) is 9.60. The largest absolute Gasteiger partial charge is 0.355 e. The first-order chi connectivity index (χ1) is 12.9. The van der Waals surface area contributed by atoms with Gasteiger partial charge in [-0.3, -0.25) is 4.99 Å². The van der Waals surface area contributed by atoms with Crippen LogP contribution in [0.1, 0.15) is 38.8 Å². The van der Waals surface area contributed by atoms with Crippen molar-refractivity contribution in [3.8, 4) is 0 Å². The number of rotatable bonds is 4. The molecule has 28 heavy (non-hydrogen) atoms. The lowest BCUT2D eigenvalue weighted by Gasteiger charge is -2.40. The van der Waals surface area contributed by atoms with Crippen molar-refractivity contribution in [1.29, 1.82) is 0 Å². The number of nitrogens with one attached hydrogen (secondary N) is 1. The van der Waals surface area contributed by atoms with Crippen molar-refractivity contribution in [2.24, 2.45) is 10.9 Å². The van der Waals surface area contributed by atoms with Crippen LogP contribution in [0.2, 0.25) is 5.02 Å². The van der Waals surface area contributed by atoms with E-state index in [2.05, 4.69) is 57.8 Å². The van der Waals surface area contributed by atoms with E-state index in [1.165, 1.54) is 5.56 Å². The summed E-state index contributed by atoms with van der Waals surface area (Å²) in [4.78, 5) is 11.1. The number of piperidine rings is 1. The molecule has 7 heteroatoms. The third-order valence-corrected chi connectivity index (χ3v) is 5.87. The molecule has 1 aliphatic heterocycles. The molecule has 2 unspecified atom stereocenters. The minimum absolute atomic E-state index is 0. The monoisotopic (exact) mass is 515 g/mol. The molecule has 1 aromatic carbocycles. The molecule has 5 nitrogen and oxygen atoms in total. The molecule has 1 aromatic heterocycles. The molecule has 0 bridgehead atoms. The Hall–Kier alpha value is -1.28. The predicted molar refractivity (Wildman–Crippen MR) is 128 cm³/mol. The van der Waals surface area contributed by atoms with Crippen molar-refractivity contribution >= 4 is 41.5 Å². The Morgan fingerprint density at radius 1 is 1.39 bits per heavy atom. The van der Waals surface area contributed by atoms with E-state index in [-0.39, 0.29) is 29.4 Å². The molecule has 0 radical (unpaired) electrons. The third kappa shape index (κ3) is 5.41. The lowest BCUT2D eigenvalue weighted by molar-refractivity contribution is 0.188. The van der Waals surface area contributed by atoms with Crippen LogP contribution in [0.4, 0.5) is 0 Å². The molecule has 1 fully saturated rings. The van der Waals surface area contributed by atoms with Gasteiger partial charge < -0.3 is 14.8 Å². The van der Waals surface area contributed by atoms with Gasteiger partial charge in [-0.25, -0.2) is 4.98 Å². The van der Waals surface area contributed by atoms with Gasteiger partial charge in [-0.05, 0) is 30.0 Å². The molecule has 2 atom stereocenters. The average molecular weight is 516 g/mol. The normalized spacial score (nSPS) is 20.6. The van der Waals surface area contributed by atoms with E-state index in [4.69, 9.17) is 11.6 Å². The molecule has 0 saturated carbocycles. The van der Waals surface area contributed by atoms with Crippen LogP contribution in [-0.2, 0) is 5.41 Å². The van der Waals surface area contributed by atoms with E-state index in [0.29, 0.717) is 12.0 Å². The Bertz CT molecular complexity index is 775. The fraction of sp³-hybridized carbons (Fsp3) is 0.524. The predicted octanol–water partition coefficient (Wildman–Crippen LogP) is 4.59. The Morgan fingerprint density at radius 3 is 2.82 bits per heavy atom. The fourth-order valence-electron chi connectivity index (χ4n) is 3.74. The Morgan fingerprint density at radius 2 is 2.18 bits per heavy atom. The summed E-state index contributed by atoms with van der Waals surface area (Å²) < 4.78 is 2.22. The lowest BCUT2D eigenvalue weighted by atomic mass is 9.84. The zero-order chi connectivity index (χ0) is 19.4. The van der Waals surface area contributed by atoms with Crippen molar-refractivity contribution < 1.29 is 0 Å². The number of hydrogen-bond acceptors (Lipinski definition) is 2. The van der Waals surface area contributed by atoms with Crippen LogP contribution in [0.3, 0.4) is 0 Å². The summed E-state index contributed by atoms with van der Waals surface area (Å²) >= 11 is 6.18. The van der Waals surface area contributed by atoms with Gasteiger partial charge >= 0.3 is 0 Å². The maximum absolute atomic E-state index is 6.18. The molecule has 0 aliphatic carbocycles. The van der Waals surface area contributed by atoms with E-state index in [1.807, 2.05) is 37.8 Å². The first-order valence-corrected chi connectivity index (χ1v) is 9.97. The van der Waals surface area contributed by atoms with Crippen LogP contribution in [0.15, 0.2) is 48.0 Å². The highest BCUT2D eigenvalue weighted by Crippen LogP contribution is 2.28. The molecule has 0 spiro atoms. The maximum atomic E-state index is 6.18. The molecular formula is C21H31ClIN5. The van der Waals surface area contributed by atoms with Crippen LogP contribution >= 0.6 is 35.6 Å². The van der Waals surface area contributed by atoms with Crippen molar-refractivity contribution in [1.82, 2.24) is 19.8 Å². The summed E-state index contributed by atoms with van der Waals surface area (Å²) in [6.45, 7) is 9.53. The van der Waals surface area contributed by atoms with Gasteiger partial charge in [0.15, 0.2) is 5.96 Å². The van der Waals surface area contributed by atoms with Crippen molar-refractivity contribution in [2.45, 2.75) is 38.6 Å². The highest BCUT2D eigenvalue weighted by atomic mass is 127. The molecule has 2 aromatic rings. The van der Waals surface area contributed by atoms with Gasteiger partial charge in [-0.1, -0.05) is 44.5 Å². The summed E-state index contributed by atoms with van der Waals surface area (Å²) in [5, 5.41) is 4.36. The van der Waals surface area contributed by atoms with Gasteiger partial charge in [0.2, 0.25) is 0 Å². The SMILES string of the molecule is CN=C(NCC(C)(C)c1cccc(Cl)c1)N1CCC(C)C(n2ccnc2)C1.I. The van der Waals surface area contributed by atoms with Crippen LogP contribution in [0.25, 0.3) is 0 Å². The van der Waals surface area contributed by atoms with Crippen LogP contribution in [-0.4, -0.2) is 47.1 Å². The second-order valence-corrected chi connectivity index (χ2v) is 8.52. The Balaban J connectivity index is 0.00000280. The molecular weight excluding hydrogens is 485 g/mol. The summed E-state index contributed by atoms with van der Waals surface area (Å²) in [5.41, 5.74) is 1.18. The molecule has 154 valence electrons. The van der Waals surface area contributed by atoms with Gasteiger partial charge in [0.05, 0.1) is 12.4 Å². The van der Waals surface area contributed by atoms with Crippen molar-refractivity contribution in [3.63, 3.8) is 0 Å². The highest BCUT2D eigenvalue weighted by Gasteiger charge is 2.30. The quantitative estimate of drug-likeness (QED) is 0.368. The van der Waals surface area contributed by atoms with Crippen LogP contribution in [0, 0.1) is 5.92 Å². The molecule has 1 aliphatic rings. The number of likely N-dealkylation sites (tertiary alicyclic amines) is 1. The topological polar surface area (TPSA) is 45.5 Å². The molecule has 3 rings (SSSR count). The zero-order valence-corrected chi connectivity index (χ0v) is 20.2. The summed E-state index contributed by atoms with van der Waals surface area (Å²) in [5.74, 6) is 1.58. The number of hydrogen-bond donors (Lipinski definition) is 1. The van der Waals surface area contributed by atoms with Crippen LogP contribution in [0.5, 0.6) is 0 Å². The minimum atomic E-state index is -0.0479. The number of benzene rings is 1. The lowest BCUT2D eigenvalue weighted by Crippen LogP contribution is -2.51. The number of aliphatic imine (C=N–C) groups is 1. The number of nitrogens with zero attached hydrogens (tertiary/aromatic N) is 4. The summed E-state index contributed by atoms with van der Waals surface area (Å²) in [7, 11) is 1.86. The Kier molecular flexibility index (Phi) is 8.18. The fourth-order valence-corrected chi connectivity index (χ4v) is 3.93. The smallest absolute Gasteiger partial charge is 0.193 e. The highest BCUT2D eigenvalue weighted by molar-refractivity contribution is 14.0. The zero-order valence-electron chi connectivity index (χ0n) is 17.1. The second-order valence-electron chi connectivity index (χ2n) is 8.08. The number of guanidine groups is 1. The number of halogens is 2. The van der Waals surface area contributed by atoms with E-state index >= 15 is 0 Å². The number of aromatic nitrogens is 2. The van der Waals surface area contributed by atoms with Crippen molar-refractivity contribution in [3.05, 3.63) is 53.6 Å². The van der Waals surface area contributed by atoms with E-state index in [0.717, 1.165) is 37.0 Å². The molecule has 1 saturated heterocycles. The molecule has 0 amide bonds. The van der Waals surface area contributed by atoms with Crippen molar-refractivity contribution in [2.75, 3.05) is 26.7 Å².